The number of para-hydroxylation sites is 2. The molecular formula is C30H31NO4. The number of rotatable bonds is 4. The number of nitrogens with zero attached hydrogens (tertiary/aromatic N) is 1. The molecule has 180 valence electrons. The van der Waals surface area contributed by atoms with Crippen LogP contribution < -0.4 is 9.64 Å². The summed E-state index contributed by atoms with van der Waals surface area (Å²) in [5, 5.41) is 11.6. The summed E-state index contributed by atoms with van der Waals surface area (Å²) in [6.45, 7) is 10.1. The number of ether oxygens (including phenoxy) is 1. The number of hydrogen-bond donors (Lipinski definition) is 1. The molecule has 35 heavy (non-hydrogen) atoms. The van der Waals surface area contributed by atoms with E-state index in [1.807, 2.05) is 74.5 Å². The van der Waals surface area contributed by atoms with Gasteiger partial charge < -0.3 is 9.84 Å². The van der Waals surface area contributed by atoms with E-state index in [9.17, 15) is 14.7 Å². The number of aliphatic hydroxyl groups is 1. The average molecular weight is 470 g/mol. The Kier molecular flexibility index (Phi) is 6.28. The van der Waals surface area contributed by atoms with Crippen LogP contribution in [-0.4, -0.2) is 23.9 Å². The second-order valence-electron chi connectivity index (χ2n) is 9.98. The van der Waals surface area contributed by atoms with E-state index < -0.39 is 17.7 Å². The van der Waals surface area contributed by atoms with Crippen molar-refractivity contribution in [1.82, 2.24) is 0 Å². The number of amides is 1. The topological polar surface area (TPSA) is 66.8 Å². The van der Waals surface area contributed by atoms with Crippen LogP contribution in [0.25, 0.3) is 5.76 Å². The third-order valence-corrected chi connectivity index (χ3v) is 6.61. The summed E-state index contributed by atoms with van der Waals surface area (Å²) < 4.78 is 5.61. The van der Waals surface area contributed by atoms with Crippen LogP contribution in [0.3, 0.4) is 0 Å². The van der Waals surface area contributed by atoms with Gasteiger partial charge in [0.05, 0.1) is 18.7 Å². The van der Waals surface area contributed by atoms with Crippen LogP contribution in [0.5, 0.6) is 5.75 Å². The molecule has 0 saturated carbocycles. The minimum absolute atomic E-state index is 0.0527. The number of hydrogen-bond acceptors (Lipinski definition) is 4. The Balaban J connectivity index is 2.04. The molecule has 0 aliphatic carbocycles. The molecule has 1 aliphatic heterocycles. The molecule has 1 fully saturated rings. The highest BCUT2D eigenvalue weighted by atomic mass is 16.5. The fourth-order valence-corrected chi connectivity index (χ4v) is 4.59. The molecule has 3 aromatic rings. The lowest BCUT2D eigenvalue weighted by atomic mass is 9.84. The molecule has 1 amide bonds. The molecule has 1 unspecified atom stereocenters. The smallest absolute Gasteiger partial charge is 0.300 e. The first kappa shape index (κ1) is 24.3. The second kappa shape index (κ2) is 9.06. The minimum atomic E-state index is -0.843. The number of ketones is 1. The number of methoxy groups -OCH3 is 1. The summed E-state index contributed by atoms with van der Waals surface area (Å²) in [6, 6.07) is 19.7. The number of aryl methyl sites for hydroxylation is 2. The summed E-state index contributed by atoms with van der Waals surface area (Å²) in [7, 11) is 1.55. The van der Waals surface area contributed by atoms with Crippen molar-refractivity contribution >= 4 is 23.1 Å². The minimum Gasteiger partial charge on any atom is -0.507 e. The van der Waals surface area contributed by atoms with Gasteiger partial charge in [0.1, 0.15) is 11.5 Å². The Morgan fingerprint density at radius 3 is 2.23 bits per heavy atom. The number of anilines is 1. The summed E-state index contributed by atoms with van der Waals surface area (Å²) in [5.41, 5.74) is 4.37. The van der Waals surface area contributed by atoms with Crippen molar-refractivity contribution in [2.45, 2.75) is 46.1 Å². The highest BCUT2D eigenvalue weighted by Crippen LogP contribution is 2.46. The third-order valence-electron chi connectivity index (χ3n) is 6.61. The Bertz CT molecular complexity index is 1350. The summed E-state index contributed by atoms with van der Waals surface area (Å²) in [5.74, 6) is -1.05. The zero-order valence-electron chi connectivity index (χ0n) is 21.0. The SMILES string of the molecule is COc1ccccc1C1/C(=C(\O)c2cc(C(C)(C)C)ccc2C)C(=O)C(=O)N1c1ccccc1C. The zero-order valence-corrected chi connectivity index (χ0v) is 21.0. The standard InChI is InChI=1S/C30H31NO4/c1-18-15-16-20(30(3,4)5)17-22(18)27(32)25-26(21-12-8-10-14-24(21)35-6)31(29(34)28(25)33)23-13-9-7-11-19(23)2/h7-17,26,32H,1-6H3/b27-25+. The van der Waals surface area contributed by atoms with Gasteiger partial charge in [-0.2, -0.15) is 0 Å². The van der Waals surface area contributed by atoms with Crippen LogP contribution in [0.4, 0.5) is 5.69 Å². The third kappa shape index (κ3) is 4.23. The molecule has 1 saturated heterocycles. The number of Topliss-reactive ketones (excluding diaryl/α,β-unsaturated/α-hetero) is 1. The molecule has 0 radical (unpaired) electrons. The van der Waals surface area contributed by atoms with Crippen LogP contribution >= 0.6 is 0 Å². The molecule has 1 heterocycles. The number of aliphatic hydroxyl groups excluding tert-OH is 1. The van der Waals surface area contributed by atoms with Crippen molar-refractivity contribution in [3.63, 3.8) is 0 Å². The van der Waals surface area contributed by atoms with Gasteiger partial charge in [0.25, 0.3) is 11.7 Å². The maximum atomic E-state index is 13.5. The monoisotopic (exact) mass is 469 g/mol. The molecule has 5 heteroatoms. The molecule has 1 atom stereocenters. The van der Waals surface area contributed by atoms with Gasteiger partial charge in [-0.1, -0.05) is 69.3 Å². The van der Waals surface area contributed by atoms with Crippen molar-refractivity contribution < 1.29 is 19.4 Å². The van der Waals surface area contributed by atoms with Gasteiger partial charge >= 0.3 is 0 Å². The van der Waals surface area contributed by atoms with Crippen LogP contribution in [0.1, 0.15) is 54.6 Å². The predicted molar refractivity (Wildman–Crippen MR) is 139 cm³/mol. The molecule has 1 N–H and O–H groups in total. The van der Waals surface area contributed by atoms with Crippen LogP contribution in [0, 0.1) is 13.8 Å². The van der Waals surface area contributed by atoms with Crippen molar-refractivity contribution in [3.8, 4) is 5.75 Å². The molecule has 4 rings (SSSR count). The maximum absolute atomic E-state index is 13.5. The first-order chi connectivity index (χ1) is 16.6. The normalized spacial score (nSPS) is 17.7. The number of benzene rings is 3. The summed E-state index contributed by atoms with van der Waals surface area (Å²) >= 11 is 0. The van der Waals surface area contributed by atoms with E-state index >= 15 is 0 Å². The molecule has 3 aromatic carbocycles. The summed E-state index contributed by atoms with van der Waals surface area (Å²) in [6.07, 6.45) is 0. The Morgan fingerprint density at radius 2 is 1.57 bits per heavy atom. The molecule has 1 aliphatic rings. The van der Waals surface area contributed by atoms with Gasteiger partial charge in [-0.05, 0) is 54.2 Å². The van der Waals surface area contributed by atoms with Gasteiger partial charge in [-0.15, -0.1) is 0 Å². The highest BCUT2D eigenvalue weighted by molar-refractivity contribution is 6.51. The average Bonchev–Trinajstić information content (AvgIpc) is 3.08. The quantitative estimate of drug-likeness (QED) is 0.279. The first-order valence-electron chi connectivity index (χ1n) is 11.7. The zero-order chi connectivity index (χ0) is 25.5. The van der Waals surface area contributed by atoms with Gasteiger partial charge in [-0.3, -0.25) is 14.5 Å². The summed E-state index contributed by atoms with van der Waals surface area (Å²) in [4.78, 5) is 28.5. The van der Waals surface area contributed by atoms with Gasteiger partial charge in [0.2, 0.25) is 0 Å². The fraction of sp³-hybridized carbons (Fsp3) is 0.267. The van der Waals surface area contributed by atoms with Crippen LogP contribution in [-0.2, 0) is 15.0 Å². The van der Waals surface area contributed by atoms with E-state index in [2.05, 4.69) is 20.8 Å². The first-order valence-corrected chi connectivity index (χ1v) is 11.7. The van der Waals surface area contributed by atoms with Gasteiger partial charge in [-0.25, -0.2) is 0 Å². The largest absolute Gasteiger partial charge is 0.507 e. The lowest BCUT2D eigenvalue weighted by Crippen LogP contribution is -2.30. The fourth-order valence-electron chi connectivity index (χ4n) is 4.59. The van der Waals surface area contributed by atoms with Crippen molar-refractivity contribution in [2.24, 2.45) is 0 Å². The molecular weight excluding hydrogens is 438 g/mol. The van der Waals surface area contributed by atoms with E-state index in [0.29, 0.717) is 22.6 Å². The second-order valence-corrected chi connectivity index (χ2v) is 9.98. The van der Waals surface area contributed by atoms with E-state index in [-0.39, 0.29) is 16.7 Å². The van der Waals surface area contributed by atoms with Gasteiger partial charge in [0.15, 0.2) is 0 Å². The van der Waals surface area contributed by atoms with Crippen molar-refractivity contribution in [2.75, 3.05) is 12.0 Å². The van der Waals surface area contributed by atoms with Crippen LogP contribution in [0.15, 0.2) is 72.3 Å². The Labute approximate surface area is 206 Å². The Morgan fingerprint density at radius 1 is 0.914 bits per heavy atom. The van der Waals surface area contributed by atoms with E-state index in [4.69, 9.17) is 4.74 Å². The van der Waals surface area contributed by atoms with E-state index in [1.54, 1.807) is 13.2 Å². The molecule has 0 bridgehead atoms. The maximum Gasteiger partial charge on any atom is 0.300 e. The Hall–Kier alpha value is -3.86. The predicted octanol–water partition coefficient (Wildman–Crippen LogP) is 6.24. The highest BCUT2D eigenvalue weighted by Gasteiger charge is 2.48. The van der Waals surface area contributed by atoms with Crippen LogP contribution in [0.2, 0.25) is 0 Å². The van der Waals surface area contributed by atoms with Crippen molar-refractivity contribution in [1.29, 1.82) is 0 Å². The van der Waals surface area contributed by atoms with Gasteiger partial charge in [0, 0.05) is 16.8 Å². The lowest BCUT2D eigenvalue weighted by molar-refractivity contribution is -0.132. The lowest BCUT2D eigenvalue weighted by Gasteiger charge is -2.28. The molecule has 0 spiro atoms. The molecule has 0 aromatic heterocycles. The van der Waals surface area contributed by atoms with E-state index in [0.717, 1.165) is 16.7 Å². The number of carbonyl (C=O) groups is 2. The van der Waals surface area contributed by atoms with E-state index in [1.165, 1.54) is 4.90 Å². The van der Waals surface area contributed by atoms with Crippen molar-refractivity contribution in [3.05, 3.63) is 100 Å². The number of carbonyl (C=O) groups excluding carboxylic acids is 2. The molecule has 5 nitrogen and oxygen atoms in total.